The molecule has 8 nitrogen and oxygen atoms in total. The van der Waals surface area contributed by atoms with Gasteiger partial charge in [0.15, 0.2) is 11.6 Å². The fourth-order valence-electron chi connectivity index (χ4n) is 4.15. The van der Waals surface area contributed by atoms with Gasteiger partial charge in [-0.3, -0.25) is 9.59 Å². The Kier molecular flexibility index (Phi) is 5.81. The van der Waals surface area contributed by atoms with Gasteiger partial charge in [0.25, 0.3) is 5.91 Å². The molecule has 0 aliphatic carbocycles. The van der Waals surface area contributed by atoms with Crippen molar-refractivity contribution in [2.45, 2.75) is 32.6 Å². The summed E-state index contributed by atoms with van der Waals surface area (Å²) in [6, 6.07) is 9.62. The van der Waals surface area contributed by atoms with Crippen LogP contribution in [0.25, 0.3) is 16.6 Å². The Morgan fingerprint density at radius 2 is 1.94 bits per heavy atom. The molecule has 160 valence electrons. The SMILES string of the molecule is C/C=C(\C(C)=O)C(=O)Nc1ccc(-c2cc(C3CCNCC3)n3ncnc(N)c23)cc1. The van der Waals surface area contributed by atoms with Crippen molar-refractivity contribution >= 4 is 28.7 Å². The molecule has 1 fully saturated rings. The second kappa shape index (κ2) is 8.69. The van der Waals surface area contributed by atoms with Gasteiger partial charge in [-0.25, -0.2) is 9.50 Å². The minimum Gasteiger partial charge on any atom is -0.382 e. The molecule has 3 heterocycles. The Morgan fingerprint density at radius 3 is 2.58 bits per heavy atom. The smallest absolute Gasteiger partial charge is 0.258 e. The number of piperidine rings is 1. The van der Waals surface area contributed by atoms with Crippen LogP contribution in [0.15, 0.2) is 48.3 Å². The van der Waals surface area contributed by atoms with Crippen LogP contribution in [0.4, 0.5) is 11.5 Å². The molecule has 1 aromatic carbocycles. The zero-order valence-electron chi connectivity index (χ0n) is 17.7. The average molecular weight is 419 g/mol. The van der Waals surface area contributed by atoms with Crippen molar-refractivity contribution in [2.75, 3.05) is 24.1 Å². The maximum atomic E-state index is 12.3. The minimum absolute atomic E-state index is 0.138. The number of carbonyl (C=O) groups is 2. The van der Waals surface area contributed by atoms with Crippen molar-refractivity contribution in [1.82, 2.24) is 19.9 Å². The largest absolute Gasteiger partial charge is 0.382 e. The first-order valence-corrected chi connectivity index (χ1v) is 10.4. The highest BCUT2D eigenvalue weighted by Gasteiger charge is 2.23. The number of hydrogen-bond acceptors (Lipinski definition) is 6. The fraction of sp³-hybridized carbons (Fsp3) is 0.304. The number of nitrogens with two attached hydrogens (primary N) is 1. The lowest BCUT2D eigenvalue weighted by Crippen LogP contribution is -2.27. The Balaban J connectivity index is 1.67. The monoisotopic (exact) mass is 418 g/mol. The van der Waals surface area contributed by atoms with Crippen LogP contribution in [0.3, 0.4) is 0 Å². The van der Waals surface area contributed by atoms with E-state index in [-0.39, 0.29) is 11.4 Å². The van der Waals surface area contributed by atoms with E-state index in [2.05, 4.69) is 26.8 Å². The van der Waals surface area contributed by atoms with Gasteiger partial charge >= 0.3 is 0 Å². The van der Waals surface area contributed by atoms with Crippen LogP contribution in [0.5, 0.6) is 0 Å². The first-order valence-electron chi connectivity index (χ1n) is 10.4. The second-order valence-corrected chi connectivity index (χ2v) is 7.70. The van der Waals surface area contributed by atoms with Crippen LogP contribution in [0, 0.1) is 0 Å². The van der Waals surface area contributed by atoms with E-state index >= 15 is 0 Å². The van der Waals surface area contributed by atoms with E-state index in [1.165, 1.54) is 19.3 Å². The van der Waals surface area contributed by atoms with Gasteiger partial charge < -0.3 is 16.4 Å². The second-order valence-electron chi connectivity index (χ2n) is 7.70. The number of anilines is 2. The summed E-state index contributed by atoms with van der Waals surface area (Å²) in [5, 5.41) is 10.6. The summed E-state index contributed by atoms with van der Waals surface area (Å²) in [5.74, 6) is 0.156. The highest BCUT2D eigenvalue weighted by Crippen LogP contribution is 2.36. The van der Waals surface area contributed by atoms with Crippen LogP contribution in [-0.4, -0.2) is 39.4 Å². The van der Waals surface area contributed by atoms with E-state index in [1.54, 1.807) is 6.92 Å². The number of fused-ring (bicyclic) bond motifs is 1. The van der Waals surface area contributed by atoms with E-state index < -0.39 is 5.91 Å². The molecule has 1 amide bonds. The lowest BCUT2D eigenvalue weighted by molar-refractivity contribution is -0.118. The standard InChI is InChI=1S/C23H26N6O2/c1-3-18(14(2)30)23(31)28-17-6-4-15(5-7-17)19-12-20(16-8-10-25-11-9-16)29-21(19)22(24)26-13-27-29/h3-7,12-13,16,25H,8-11H2,1-2H3,(H,28,31)(H2,24,26,27)/b18-3+. The highest BCUT2D eigenvalue weighted by molar-refractivity contribution is 6.22. The van der Waals surface area contributed by atoms with Crippen molar-refractivity contribution in [3.8, 4) is 11.1 Å². The maximum Gasteiger partial charge on any atom is 0.258 e. The number of hydrogen-bond donors (Lipinski definition) is 3. The predicted molar refractivity (Wildman–Crippen MR) is 121 cm³/mol. The molecule has 2 aromatic heterocycles. The topological polar surface area (TPSA) is 114 Å². The predicted octanol–water partition coefficient (Wildman–Crippen LogP) is 2.92. The van der Waals surface area contributed by atoms with E-state index in [0.717, 1.165) is 48.3 Å². The van der Waals surface area contributed by atoms with Crippen LogP contribution in [-0.2, 0) is 9.59 Å². The number of benzene rings is 1. The summed E-state index contributed by atoms with van der Waals surface area (Å²) in [5.41, 5.74) is 10.8. The van der Waals surface area contributed by atoms with Crippen LogP contribution in [0.1, 0.15) is 38.3 Å². The Bertz CT molecular complexity index is 1160. The zero-order chi connectivity index (χ0) is 22.0. The molecule has 0 bridgehead atoms. The van der Waals surface area contributed by atoms with Gasteiger partial charge in [0.05, 0.1) is 5.57 Å². The van der Waals surface area contributed by atoms with E-state index in [0.29, 0.717) is 17.4 Å². The molecule has 1 aliphatic heterocycles. The number of ketones is 1. The van der Waals surface area contributed by atoms with Crippen molar-refractivity contribution in [2.24, 2.45) is 0 Å². The molecule has 1 saturated heterocycles. The van der Waals surface area contributed by atoms with Crippen molar-refractivity contribution in [3.63, 3.8) is 0 Å². The van der Waals surface area contributed by atoms with Gasteiger partial charge in [-0.05, 0) is 63.5 Å². The van der Waals surface area contributed by atoms with Crippen LogP contribution in [0.2, 0.25) is 0 Å². The van der Waals surface area contributed by atoms with E-state index in [9.17, 15) is 9.59 Å². The third kappa shape index (κ3) is 4.06. The molecule has 0 spiro atoms. The van der Waals surface area contributed by atoms with Crippen molar-refractivity contribution < 1.29 is 9.59 Å². The molecule has 3 aromatic rings. The number of nitrogens with one attached hydrogen (secondary N) is 2. The Morgan fingerprint density at radius 1 is 1.23 bits per heavy atom. The molecule has 4 N–H and O–H groups in total. The Labute approximate surface area is 180 Å². The molecule has 0 unspecified atom stereocenters. The molecule has 0 atom stereocenters. The van der Waals surface area contributed by atoms with Gasteiger partial charge in [0.1, 0.15) is 11.8 Å². The number of nitrogen functional groups attached to an aromatic ring is 1. The lowest BCUT2D eigenvalue weighted by atomic mass is 9.94. The van der Waals surface area contributed by atoms with Crippen LogP contribution >= 0.6 is 0 Å². The number of allylic oxidation sites excluding steroid dienone is 1. The number of amides is 1. The van der Waals surface area contributed by atoms with Gasteiger partial charge in [-0.2, -0.15) is 5.10 Å². The third-order valence-electron chi connectivity index (χ3n) is 5.73. The summed E-state index contributed by atoms with van der Waals surface area (Å²) in [4.78, 5) is 28.1. The third-order valence-corrected chi connectivity index (χ3v) is 5.73. The van der Waals surface area contributed by atoms with Crippen LogP contribution < -0.4 is 16.4 Å². The molecule has 8 heteroatoms. The number of Topliss-reactive ketones (excluding diaryl/α,β-unsaturated/α-hetero) is 1. The summed E-state index contributed by atoms with van der Waals surface area (Å²) in [6.07, 6.45) is 5.10. The quantitative estimate of drug-likeness (QED) is 0.333. The summed E-state index contributed by atoms with van der Waals surface area (Å²) < 4.78 is 1.91. The fourth-order valence-corrected chi connectivity index (χ4v) is 4.15. The van der Waals surface area contributed by atoms with Crippen molar-refractivity contribution in [3.05, 3.63) is 54.0 Å². The Hall–Kier alpha value is -3.52. The van der Waals surface area contributed by atoms with Crippen molar-refractivity contribution in [1.29, 1.82) is 0 Å². The van der Waals surface area contributed by atoms with E-state index in [1.807, 2.05) is 28.8 Å². The molecule has 31 heavy (non-hydrogen) atoms. The molecular formula is C23H26N6O2. The summed E-state index contributed by atoms with van der Waals surface area (Å²) in [6.45, 7) is 5.01. The van der Waals surface area contributed by atoms with Gasteiger partial charge in [0.2, 0.25) is 0 Å². The zero-order valence-corrected chi connectivity index (χ0v) is 17.7. The average Bonchev–Trinajstić information content (AvgIpc) is 3.16. The lowest BCUT2D eigenvalue weighted by Gasteiger charge is -2.22. The highest BCUT2D eigenvalue weighted by atomic mass is 16.2. The van der Waals surface area contributed by atoms with Gasteiger partial charge in [-0.1, -0.05) is 18.2 Å². The first kappa shape index (κ1) is 20.7. The number of rotatable bonds is 5. The maximum absolute atomic E-state index is 12.3. The summed E-state index contributed by atoms with van der Waals surface area (Å²) >= 11 is 0. The molecular weight excluding hydrogens is 392 g/mol. The first-order chi connectivity index (χ1) is 15.0. The summed E-state index contributed by atoms with van der Waals surface area (Å²) in [7, 11) is 0. The molecule has 1 aliphatic rings. The molecule has 0 radical (unpaired) electrons. The van der Waals surface area contributed by atoms with E-state index in [4.69, 9.17) is 5.73 Å². The number of aromatic nitrogens is 3. The molecule has 0 saturated carbocycles. The molecule has 4 rings (SSSR count). The van der Waals surface area contributed by atoms with Gasteiger partial charge in [-0.15, -0.1) is 0 Å². The number of nitrogens with zero attached hydrogens (tertiary/aromatic N) is 3. The minimum atomic E-state index is -0.414. The normalized spacial score (nSPS) is 15.2. The number of carbonyl (C=O) groups excluding carboxylic acids is 2. The van der Waals surface area contributed by atoms with Gasteiger partial charge in [0, 0.05) is 22.9 Å².